The average Bonchev–Trinajstić information content (AvgIpc) is 2.64. The Kier molecular flexibility index (Phi) is 3.83. The van der Waals surface area contributed by atoms with Gasteiger partial charge < -0.3 is 14.4 Å². The number of nitrogens with zero attached hydrogens (tertiary/aromatic N) is 1. The molecule has 3 nitrogen and oxygen atoms in total. The molecule has 1 aliphatic rings. The molecule has 1 heterocycles. The van der Waals surface area contributed by atoms with Crippen LogP contribution in [0, 0.1) is 6.92 Å². The lowest BCUT2D eigenvalue weighted by Crippen LogP contribution is -2.31. The highest BCUT2D eigenvalue weighted by Crippen LogP contribution is 2.30. The van der Waals surface area contributed by atoms with E-state index in [2.05, 4.69) is 30.0 Å². The molecule has 0 atom stereocenters. The van der Waals surface area contributed by atoms with Crippen LogP contribution in [0.5, 0.6) is 17.2 Å². The molecule has 4 rings (SSSR count). The van der Waals surface area contributed by atoms with Gasteiger partial charge in [-0.2, -0.15) is 0 Å². The van der Waals surface area contributed by atoms with Crippen LogP contribution in [-0.2, 0) is 6.54 Å². The number of hydrogen-bond donors (Lipinski definition) is 0. The lowest BCUT2D eigenvalue weighted by molar-refractivity contribution is 0.289. The van der Waals surface area contributed by atoms with Crippen molar-refractivity contribution in [1.82, 2.24) is 0 Å². The number of fused-ring (bicyclic) bond motifs is 1. The Morgan fingerprint density at radius 1 is 0.833 bits per heavy atom. The molecule has 24 heavy (non-hydrogen) atoms. The van der Waals surface area contributed by atoms with Crippen molar-refractivity contribution >= 4 is 5.69 Å². The molecule has 0 fully saturated rings. The van der Waals surface area contributed by atoms with Crippen LogP contribution in [-0.4, -0.2) is 6.73 Å². The van der Waals surface area contributed by atoms with Crippen molar-refractivity contribution in [2.45, 2.75) is 13.5 Å². The Morgan fingerprint density at radius 3 is 2.25 bits per heavy atom. The fraction of sp³-hybridized carbons (Fsp3) is 0.143. The molecular weight excluding hydrogens is 298 g/mol. The quantitative estimate of drug-likeness (QED) is 0.667. The molecular formula is C21H19NO2. The van der Waals surface area contributed by atoms with Crippen LogP contribution in [0.25, 0.3) is 0 Å². The van der Waals surface area contributed by atoms with Crippen LogP contribution < -0.4 is 14.4 Å². The van der Waals surface area contributed by atoms with Gasteiger partial charge >= 0.3 is 0 Å². The van der Waals surface area contributed by atoms with Crippen molar-refractivity contribution in [2.75, 3.05) is 11.6 Å². The third kappa shape index (κ3) is 3.06. The summed E-state index contributed by atoms with van der Waals surface area (Å²) in [4.78, 5) is 2.21. The summed E-state index contributed by atoms with van der Waals surface area (Å²) in [6.07, 6.45) is 0. The fourth-order valence-electron chi connectivity index (χ4n) is 2.81. The van der Waals surface area contributed by atoms with E-state index in [-0.39, 0.29) is 0 Å². The van der Waals surface area contributed by atoms with Crippen molar-refractivity contribution in [3.05, 3.63) is 83.9 Å². The largest absolute Gasteiger partial charge is 0.473 e. The third-order valence-corrected chi connectivity index (χ3v) is 4.17. The summed E-state index contributed by atoms with van der Waals surface area (Å²) in [5.74, 6) is 2.66. The van der Waals surface area contributed by atoms with Crippen LogP contribution in [0.3, 0.4) is 0 Å². The lowest BCUT2D eigenvalue weighted by atomic mass is 10.1. The molecule has 3 aromatic carbocycles. The summed E-state index contributed by atoms with van der Waals surface area (Å²) in [7, 11) is 0. The SMILES string of the molecule is Cc1ccc(Oc2ccc(N3COc4ccccc4C3)cc2)cc1. The summed E-state index contributed by atoms with van der Waals surface area (Å²) >= 11 is 0. The van der Waals surface area contributed by atoms with Crippen molar-refractivity contribution in [2.24, 2.45) is 0 Å². The number of benzene rings is 3. The van der Waals surface area contributed by atoms with Gasteiger partial charge in [-0.15, -0.1) is 0 Å². The first-order valence-corrected chi connectivity index (χ1v) is 8.08. The molecule has 0 radical (unpaired) electrons. The van der Waals surface area contributed by atoms with Gasteiger partial charge in [0.2, 0.25) is 0 Å². The van der Waals surface area contributed by atoms with Crippen LogP contribution >= 0.6 is 0 Å². The van der Waals surface area contributed by atoms with Gasteiger partial charge in [0.05, 0.1) is 0 Å². The molecule has 0 N–H and O–H groups in total. The highest BCUT2D eigenvalue weighted by molar-refractivity contribution is 5.52. The number of rotatable bonds is 3. The molecule has 3 aromatic rings. The van der Waals surface area contributed by atoms with Crippen LogP contribution in [0.15, 0.2) is 72.8 Å². The standard InChI is InChI=1S/C21H19NO2/c1-16-6-10-19(11-7-16)24-20-12-8-18(9-13-20)22-14-17-4-2-3-5-21(17)23-15-22/h2-13H,14-15H2,1H3. The molecule has 0 aliphatic carbocycles. The van der Waals surface area contributed by atoms with E-state index >= 15 is 0 Å². The first-order chi connectivity index (χ1) is 11.8. The normalized spacial score (nSPS) is 13.1. The topological polar surface area (TPSA) is 21.7 Å². The Morgan fingerprint density at radius 2 is 1.50 bits per heavy atom. The number of ether oxygens (including phenoxy) is 2. The molecule has 0 saturated carbocycles. The minimum atomic E-state index is 0.565. The smallest absolute Gasteiger partial charge is 0.161 e. The first-order valence-electron chi connectivity index (χ1n) is 8.08. The van der Waals surface area contributed by atoms with Gasteiger partial charge in [-0.05, 0) is 49.4 Å². The lowest BCUT2D eigenvalue weighted by Gasteiger charge is -2.30. The van der Waals surface area contributed by atoms with Gasteiger partial charge in [0.1, 0.15) is 17.2 Å². The second-order valence-electron chi connectivity index (χ2n) is 5.99. The van der Waals surface area contributed by atoms with Crippen LogP contribution in [0.2, 0.25) is 0 Å². The van der Waals surface area contributed by atoms with Gasteiger partial charge in [-0.1, -0.05) is 35.9 Å². The maximum atomic E-state index is 5.88. The molecule has 0 aromatic heterocycles. The van der Waals surface area contributed by atoms with Crippen LogP contribution in [0.4, 0.5) is 5.69 Å². The van der Waals surface area contributed by atoms with Gasteiger partial charge in [0.15, 0.2) is 6.73 Å². The van der Waals surface area contributed by atoms with Crippen molar-refractivity contribution in [3.8, 4) is 17.2 Å². The minimum Gasteiger partial charge on any atom is -0.473 e. The second kappa shape index (κ2) is 6.28. The molecule has 1 aliphatic heterocycles. The van der Waals surface area contributed by atoms with E-state index in [1.165, 1.54) is 11.1 Å². The van der Waals surface area contributed by atoms with E-state index in [1.54, 1.807) is 0 Å². The zero-order valence-electron chi connectivity index (χ0n) is 13.6. The number of hydrogen-bond acceptors (Lipinski definition) is 3. The number of para-hydroxylation sites is 1. The zero-order chi connectivity index (χ0) is 16.4. The van der Waals surface area contributed by atoms with Crippen LogP contribution in [0.1, 0.15) is 11.1 Å². The number of aryl methyl sites for hydroxylation is 1. The Labute approximate surface area is 142 Å². The molecule has 0 saturated heterocycles. The van der Waals surface area contributed by atoms with Crippen molar-refractivity contribution in [3.63, 3.8) is 0 Å². The molecule has 3 heteroatoms. The average molecular weight is 317 g/mol. The molecule has 0 amide bonds. The molecule has 0 unspecified atom stereocenters. The minimum absolute atomic E-state index is 0.565. The van der Waals surface area contributed by atoms with Gasteiger partial charge in [-0.3, -0.25) is 0 Å². The molecule has 0 bridgehead atoms. The van der Waals surface area contributed by atoms with Gasteiger partial charge in [-0.25, -0.2) is 0 Å². The maximum Gasteiger partial charge on any atom is 0.161 e. The predicted molar refractivity (Wildman–Crippen MR) is 95.8 cm³/mol. The van der Waals surface area contributed by atoms with E-state index in [9.17, 15) is 0 Å². The summed E-state index contributed by atoms with van der Waals surface area (Å²) in [6.45, 7) is 3.49. The van der Waals surface area contributed by atoms with Gasteiger partial charge in [0, 0.05) is 17.8 Å². The Balaban J connectivity index is 1.47. The second-order valence-corrected chi connectivity index (χ2v) is 5.99. The predicted octanol–water partition coefficient (Wildman–Crippen LogP) is 5.14. The zero-order valence-corrected chi connectivity index (χ0v) is 13.6. The Hall–Kier alpha value is -2.94. The van der Waals surface area contributed by atoms with E-state index in [0.717, 1.165) is 29.5 Å². The monoisotopic (exact) mass is 317 g/mol. The summed E-state index contributed by atoms with van der Waals surface area (Å²) in [5.41, 5.74) is 3.56. The summed E-state index contributed by atoms with van der Waals surface area (Å²) in [6, 6.07) is 24.4. The fourth-order valence-corrected chi connectivity index (χ4v) is 2.81. The van der Waals surface area contributed by atoms with E-state index in [1.807, 2.05) is 54.6 Å². The van der Waals surface area contributed by atoms with E-state index < -0.39 is 0 Å². The summed E-state index contributed by atoms with van der Waals surface area (Å²) < 4.78 is 11.7. The summed E-state index contributed by atoms with van der Waals surface area (Å²) in [5, 5.41) is 0. The molecule has 120 valence electrons. The molecule has 0 spiro atoms. The third-order valence-electron chi connectivity index (χ3n) is 4.17. The van der Waals surface area contributed by atoms with Crippen molar-refractivity contribution < 1.29 is 9.47 Å². The van der Waals surface area contributed by atoms with E-state index in [4.69, 9.17) is 9.47 Å². The highest BCUT2D eigenvalue weighted by Gasteiger charge is 2.16. The Bertz CT molecular complexity index is 825. The van der Waals surface area contributed by atoms with E-state index in [0.29, 0.717) is 6.73 Å². The number of anilines is 1. The maximum absolute atomic E-state index is 5.88. The van der Waals surface area contributed by atoms with Gasteiger partial charge in [0.25, 0.3) is 0 Å². The van der Waals surface area contributed by atoms with Crippen molar-refractivity contribution in [1.29, 1.82) is 0 Å². The highest BCUT2D eigenvalue weighted by atomic mass is 16.5. The first kappa shape index (κ1) is 14.6.